The number of carbonyl (C=O) groups excluding carboxylic acids is 1. The number of carbonyl (C=O) groups is 1. The summed E-state index contributed by atoms with van der Waals surface area (Å²) >= 11 is 0. The molecular formula is C19H24N6O. The van der Waals surface area contributed by atoms with Crippen LogP contribution in [-0.2, 0) is 4.79 Å². The van der Waals surface area contributed by atoms with Gasteiger partial charge < -0.3 is 4.90 Å². The highest BCUT2D eigenvalue weighted by molar-refractivity contribution is 5.79. The van der Waals surface area contributed by atoms with Crippen LogP contribution in [-0.4, -0.2) is 43.8 Å². The number of hydrogen-bond acceptors (Lipinski definition) is 6. The minimum Gasteiger partial charge on any atom is -0.342 e. The van der Waals surface area contributed by atoms with Crippen molar-refractivity contribution < 1.29 is 4.79 Å². The second kappa shape index (κ2) is 7.76. The van der Waals surface area contributed by atoms with Gasteiger partial charge in [-0.3, -0.25) is 10.1 Å². The van der Waals surface area contributed by atoms with E-state index in [1.54, 1.807) is 24.7 Å². The molecule has 2 aliphatic rings. The van der Waals surface area contributed by atoms with E-state index in [0.29, 0.717) is 17.8 Å². The molecule has 0 bridgehead atoms. The maximum absolute atomic E-state index is 12.7. The van der Waals surface area contributed by atoms with E-state index in [2.05, 4.69) is 30.2 Å². The molecule has 7 heteroatoms. The van der Waals surface area contributed by atoms with Crippen LogP contribution in [0.3, 0.4) is 0 Å². The summed E-state index contributed by atoms with van der Waals surface area (Å²) in [5, 5.41) is 3.04. The quantitative estimate of drug-likeness (QED) is 0.911. The standard InChI is InChI=1S/C19H24N6O/c26-17(14-5-1-2-6-14)25-12-3-7-15(13-25)16-8-11-22-19(23-16)24-18-20-9-4-10-21-18/h4,8-11,14-15H,1-3,5-7,12-13H2,(H,20,21,22,23,24). The second-order valence-corrected chi connectivity index (χ2v) is 7.11. The molecule has 3 heterocycles. The van der Waals surface area contributed by atoms with Gasteiger partial charge in [-0.25, -0.2) is 19.9 Å². The van der Waals surface area contributed by atoms with Gasteiger partial charge in [0.1, 0.15) is 0 Å². The molecule has 1 aliphatic heterocycles. The Hall–Kier alpha value is -2.57. The van der Waals surface area contributed by atoms with Crippen LogP contribution in [0.5, 0.6) is 0 Å². The van der Waals surface area contributed by atoms with Gasteiger partial charge in [0.2, 0.25) is 17.8 Å². The van der Waals surface area contributed by atoms with Gasteiger partial charge in [0, 0.05) is 43.5 Å². The molecule has 4 rings (SSSR count). The molecule has 2 fully saturated rings. The third kappa shape index (κ3) is 3.81. The summed E-state index contributed by atoms with van der Waals surface area (Å²) in [5.41, 5.74) is 0.974. The summed E-state index contributed by atoms with van der Waals surface area (Å²) in [6, 6.07) is 3.71. The fourth-order valence-electron chi connectivity index (χ4n) is 3.97. The summed E-state index contributed by atoms with van der Waals surface area (Å²) in [7, 11) is 0. The topological polar surface area (TPSA) is 83.9 Å². The van der Waals surface area contributed by atoms with Crippen LogP contribution in [0.2, 0.25) is 0 Å². The van der Waals surface area contributed by atoms with E-state index in [1.807, 2.05) is 6.07 Å². The molecule has 1 unspecified atom stereocenters. The van der Waals surface area contributed by atoms with Crippen molar-refractivity contribution in [1.29, 1.82) is 0 Å². The van der Waals surface area contributed by atoms with Crippen molar-refractivity contribution in [2.45, 2.75) is 44.4 Å². The number of aromatic nitrogens is 4. The Kier molecular flexibility index (Phi) is 5.04. The number of nitrogens with one attached hydrogen (secondary N) is 1. The Morgan fingerprint density at radius 3 is 2.58 bits per heavy atom. The second-order valence-electron chi connectivity index (χ2n) is 7.11. The highest BCUT2D eigenvalue weighted by Gasteiger charge is 2.31. The molecular weight excluding hydrogens is 328 g/mol. The predicted molar refractivity (Wildman–Crippen MR) is 97.9 cm³/mol. The van der Waals surface area contributed by atoms with Crippen LogP contribution >= 0.6 is 0 Å². The maximum Gasteiger partial charge on any atom is 0.229 e. The summed E-state index contributed by atoms with van der Waals surface area (Å²) in [5.74, 6) is 1.82. The molecule has 1 aliphatic carbocycles. The summed E-state index contributed by atoms with van der Waals surface area (Å²) in [6.45, 7) is 1.63. The van der Waals surface area contributed by atoms with Gasteiger partial charge in [-0.1, -0.05) is 12.8 Å². The number of hydrogen-bond donors (Lipinski definition) is 1. The number of piperidine rings is 1. The lowest BCUT2D eigenvalue weighted by Gasteiger charge is -2.34. The molecule has 136 valence electrons. The predicted octanol–water partition coefficient (Wildman–Crippen LogP) is 2.91. The van der Waals surface area contributed by atoms with Crippen molar-refractivity contribution in [3.63, 3.8) is 0 Å². The lowest BCUT2D eigenvalue weighted by molar-refractivity contribution is -0.136. The summed E-state index contributed by atoms with van der Waals surface area (Å²) in [4.78, 5) is 32.0. The third-order valence-electron chi connectivity index (χ3n) is 5.32. The van der Waals surface area contributed by atoms with Gasteiger partial charge >= 0.3 is 0 Å². The molecule has 2 aromatic heterocycles. The van der Waals surface area contributed by atoms with E-state index < -0.39 is 0 Å². The molecule has 0 spiro atoms. The normalized spacial score (nSPS) is 20.9. The van der Waals surface area contributed by atoms with E-state index in [0.717, 1.165) is 44.5 Å². The van der Waals surface area contributed by atoms with Gasteiger partial charge in [-0.15, -0.1) is 0 Å². The van der Waals surface area contributed by atoms with Crippen molar-refractivity contribution in [2.75, 3.05) is 18.4 Å². The molecule has 1 N–H and O–H groups in total. The first kappa shape index (κ1) is 16.9. The molecule has 1 amide bonds. The van der Waals surface area contributed by atoms with Crippen LogP contribution < -0.4 is 5.32 Å². The number of amides is 1. The van der Waals surface area contributed by atoms with Crippen LogP contribution in [0, 0.1) is 5.92 Å². The summed E-state index contributed by atoms with van der Waals surface area (Å²) < 4.78 is 0. The molecule has 1 saturated heterocycles. The Morgan fingerprint density at radius 2 is 1.77 bits per heavy atom. The van der Waals surface area contributed by atoms with Crippen LogP contribution in [0.1, 0.15) is 50.1 Å². The van der Waals surface area contributed by atoms with Crippen molar-refractivity contribution >= 4 is 17.8 Å². The first-order chi connectivity index (χ1) is 12.8. The first-order valence-electron chi connectivity index (χ1n) is 9.45. The summed E-state index contributed by atoms with van der Waals surface area (Å²) in [6.07, 6.45) is 11.7. The van der Waals surface area contributed by atoms with Crippen molar-refractivity contribution in [3.8, 4) is 0 Å². The fraction of sp³-hybridized carbons (Fsp3) is 0.526. The zero-order valence-corrected chi connectivity index (χ0v) is 14.8. The molecule has 26 heavy (non-hydrogen) atoms. The average Bonchev–Trinajstić information content (AvgIpc) is 3.23. The smallest absolute Gasteiger partial charge is 0.229 e. The molecule has 0 radical (unpaired) electrons. The number of anilines is 2. The Labute approximate surface area is 153 Å². The van der Waals surface area contributed by atoms with E-state index in [-0.39, 0.29) is 11.8 Å². The molecule has 2 aromatic rings. The van der Waals surface area contributed by atoms with Crippen LogP contribution in [0.15, 0.2) is 30.7 Å². The van der Waals surface area contributed by atoms with Crippen molar-refractivity contribution in [3.05, 3.63) is 36.4 Å². The van der Waals surface area contributed by atoms with Gasteiger partial charge in [-0.2, -0.15) is 0 Å². The minimum atomic E-state index is 0.242. The Balaban J connectivity index is 1.45. The largest absolute Gasteiger partial charge is 0.342 e. The van der Waals surface area contributed by atoms with Gasteiger partial charge in [0.15, 0.2) is 0 Å². The SMILES string of the molecule is O=C(C1CCCC1)N1CCCC(c2ccnc(Nc3ncccn3)n2)C1. The van der Waals surface area contributed by atoms with Crippen molar-refractivity contribution in [1.82, 2.24) is 24.8 Å². The van der Waals surface area contributed by atoms with Crippen LogP contribution in [0.4, 0.5) is 11.9 Å². The van der Waals surface area contributed by atoms with Crippen LogP contribution in [0.25, 0.3) is 0 Å². The van der Waals surface area contributed by atoms with E-state index >= 15 is 0 Å². The van der Waals surface area contributed by atoms with E-state index in [4.69, 9.17) is 0 Å². The Morgan fingerprint density at radius 1 is 1.00 bits per heavy atom. The van der Waals surface area contributed by atoms with Gasteiger partial charge in [-0.05, 0) is 37.8 Å². The molecule has 7 nitrogen and oxygen atoms in total. The highest BCUT2D eigenvalue weighted by atomic mass is 16.2. The zero-order chi connectivity index (χ0) is 17.8. The number of rotatable bonds is 4. The van der Waals surface area contributed by atoms with Gasteiger partial charge in [0.05, 0.1) is 5.69 Å². The zero-order valence-electron chi connectivity index (χ0n) is 14.8. The monoisotopic (exact) mass is 352 g/mol. The number of likely N-dealkylation sites (tertiary alicyclic amines) is 1. The molecule has 1 atom stereocenters. The minimum absolute atomic E-state index is 0.242. The fourth-order valence-corrected chi connectivity index (χ4v) is 3.97. The lowest BCUT2D eigenvalue weighted by Crippen LogP contribution is -2.42. The number of nitrogens with zero attached hydrogens (tertiary/aromatic N) is 5. The maximum atomic E-state index is 12.7. The molecule has 1 saturated carbocycles. The molecule has 0 aromatic carbocycles. The van der Waals surface area contributed by atoms with E-state index in [9.17, 15) is 4.79 Å². The van der Waals surface area contributed by atoms with E-state index in [1.165, 1.54) is 12.8 Å². The Bertz CT molecular complexity index is 747. The van der Waals surface area contributed by atoms with Gasteiger partial charge in [0.25, 0.3) is 0 Å². The lowest BCUT2D eigenvalue weighted by atomic mass is 9.93. The highest BCUT2D eigenvalue weighted by Crippen LogP contribution is 2.31. The average molecular weight is 352 g/mol. The third-order valence-corrected chi connectivity index (χ3v) is 5.32. The van der Waals surface area contributed by atoms with Crippen molar-refractivity contribution in [2.24, 2.45) is 5.92 Å². The first-order valence-corrected chi connectivity index (χ1v) is 9.45.